The molecule has 4 aromatic rings. The Bertz CT molecular complexity index is 1210. The number of para-hydroxylation sites is 1. The first-order valence-corrected chi connectivity index (χ1v) is 11.1. The zero-order valence-electron chi connectivity index (χ0n) is 18.0. The first-order chi connectivity index (χ1) is 15.5. The first kappa shape index (κ1) is 21.9. The quantitative estimate of drug-likeness (QED) is 0.417. The molecule has 0 fully saturated rings. The van der Waals surface area contributed by atoms with Crippen LogP contribution in [0, 0.1) is 5.82 Å². The highest BCUT2D eigenvalue weighted by Gasteiger charge is 2.13. The molecule has 4 rings (SSSR count). The van der Waals surface area contributed by atoms with E-state index >= 15 is 0 Å². The van der Waals surface area contributed by atoms with E-state index < -0.39 is 0 Å². The van der Waals surface area contributed by atoms with E-state index in [1.54, 1.807) is 29.5 Å². The topological polar surface area (TPSA) is 54.5 Å². The molecule has 0 bridgehead atoms. The third kappa shape index (κ3) is 5.30. The molecule has 1 amide bonds. The van der Waals surface area contributed by atoms with Crippen LogP contribution in [0.3, 0.4) is 0 Å². The summed E-state index contributed by atoms with van der Waals surface area (Å²) in [5.74, 6) is -0.00340. The molecule has 5 nitrogen and oxygen atoms in total. The van der Waals surface area contributed by atoms with E-state index in [0.29, 0.717) is 17.9 Å². The Balaban J connectivity index is 1.46. The normalized spacial score (nSPS) is 11.1. The Morgan fingerprint density at radius 3 is 2.62 bits per heavy atom. The van der Waals surface area contributed by atoms with Crippen molar-refractivity contribution >= 4 is 27.5 Å². The molecule has 0 aliphatic carbocycles. The van der Waals surface area contributed by atoms with E-state index in [9.17, 15) is 9.18 Å². The summed E-state index contributed by atoms with van der Waals surface area (Å²) in [5, 5.41) is 3.64. The van der Waals surface area contributed by atoms with Gasteiger partial charge in [0.05, 0.1) is 10.2 Å². The number of hydrogen-bond donors (Lipinski definition) is 1. The summed E-state index contributed by atoms with van der Waals surface area (Å²) in [6, 6.07) is 20.3. The zero-order valence-corrected chi connectivity index (χ0v) is 18.8. The minimum absolute atomic E-state index is 0.121. The van der Waals surface area contributed by atoms with Crippen LogP contribution in [-0.2, 0) is 17.9 Å². The Morgan fingerprint density at radius 2 is 1.84 bits per heavy atom. The fraction of sp³-hybridized carbons (Fsp3) is 0.200. The molecule has 0 atom stereocenters. The second-order valence-corrected chi connectivity index (χ2v) is 8.73. The number of ether oxygens (including phenoxy) is 1. The van der Waals surface area contributed by atoms with Crippen molar-refractivity contribution in [2.75, 3.05) is 20.7 Å². The lowest BCUT2D eigenvalue weighted by Crippen LogP contribution is -2.29. The van der Waals surface area contributed by atoms with Crippen LogP contribution in [-0.4, -0.2) is 36.5 Å². The molecule has 0 saturated heterocycles. The summed E-state index contributed by atoms with van der Waals surface area (Å²) in [6.45, 7) is 0.635. The summed E-state index contributed by atoms with van der Waals surface area (Å²) in [6.07, 6.45) is 0. The molecule has 0 saturated carbocycles. The minimum atomic E-state index is -0.340. The monoisotopic (exact) mass is 449 g/mol. The summed E-state index contributed by atoms with van der Waals surface area (Å²) in [5.41, 5.74) is 3.40. The van der Waals surface area contributed by atoms with Gasteiger partial charge in [-0.3, -0.25) is 4.79 Å². The van der Waals surface area contributed by atoms with Gasteiger partial charge < -0.3 is 15.0 Å². The van der Waals surface area contributed by atoms with Crippen molar-refractivity contribution in [2.24, 2.45) is 0 Å². The van der Waals surface area contributed by atoms with E-state index in [4.69, 9.17) is 9.72 Å². The molecular formula is C25H24FN3O2S. The van der Waals surface area contributed by atoms with Crippen LogP contribution in [0.15, 0.2) is 66.7 Å². The predicted octanol–water partition coefficient (Wildman–Crippen LogP) is 4.86. The molecule has 0 radical (unpaired) electrons. The summed E-state index contributed by atoms with van der Waals surface area (Å²) < 4.78 is 20.7. The van der Waals surface area contributed by atoms with Crippen molar-refractivity contribution in [3.8, 4) is 16.3 Å². The summed E-state index contributed by atoms with van der Waals surface area (Å²) in [4.78, 5) is 19.0. The number of hydrogen-bond acceptors (Lipinski definition) is 5. The number of nitrogens with one attached hydrogen (secondary N) is 1. The maximum absolute atomic E-state index is 13.7. The molecule has 1 N–H and O–H groups in total. The predicted molar refractivity (Wildman–Crippen MR) is 126 cm³/mol. The molecule has 0 aliphatic rings. The van der Waals surface area contributed by atoms with Gasteiger partial charge in [-0.1, -0.05) is 30.3 Å². The van der Waals surface area contributed by atoms with Crippen LogP contribution in [0.4, 0.5) is 4.39 Å². The smallest absolute Gasteiger partial charge is 0.258 e. The molecule has 0 unspecified atom stereocenters. The van der Waals surface area contributed by atoms with Crippen LogP contribution < -0.4 is 10.1 Å². The molecule has 0 aliphatic heterocycles. The number of carbonyl (C=O) groups is 1. The summed E-state index contributed by atoms with van der Waals surface area (Å²) >= 11 is 1.65. The van der Waals surface area contributed by atoms with Crippen LogP contribution >= 0.6 is 11.3 Å². The maximum Gasteiger partial charge on any atom is 0.258 e. The van der Waals surface area contributed by atoms with Crippen molar-refractivity contribution < 1.29 is 13.9 Å². The third-order valence-electron chi connectivity index (χ3n) is 4.88. The number of amides is 1. The molecule has 164 valence electrons. The van der Waals surface area contributed by atoms with Crippen LogP contribution in [0.1, 0.15) is 11.1 Å². The number of fused-ring (bicyclic) bond motifs is 1. The van der Waals surface area contributed by atoms with Crippen molar-refractivity contribution in [1.29, 1.82) is 0 Å². The number of halogens is 1. The van der Waals surface area contributed by atoms with Gasteiger partial charge in [0.25, 0.3) is 5.91 Å². The fourth-order valence-electron chi connectivity index (χ4n) is 3.34. The SMILES string of the molecule is CN(C)Cc1cc(-c2nc3ccccc3s2)ccc1OCC(=O)NCc1ccccc1F. The van der Waals surface area contributed by atoms with E-state index in [0.717, 1.165) is 26.4 Å². The lowest BCUT2D eigenvalue weighted by molar-refractivity contribution is -0.123. The Labute approximate surface area is 190 Å². The van der Waals surface area contributed by atoms with Crippen LogP contribution in [0.25, 0.3) is 20.8 Å². The van der Waals surface area contributed by atoms with Gasteiger partial charge in [0.2, 0.25) is 0 Å². The largest absolute Gasteiger partial charge is 0.483 e. The Morgan fingerprint density at radius 1 is 1.06 bits per heavy atom. The number of aromatic nitrogens is 1. The average molecular weight is 450 g/mol. The van der Waals surface area contributed by atoms with Crippen molar-refractivity contribution in [3.05, 3.63) is 83.7 Å². The molecule has 1 aromatic heterocycles. The number of nitrogens with zero attached hydrogens (tertiary/aromatic N) is 2. The molecule has 0 spiro atoms. The Kier molecular flexibility index (Phi) is 6.78. The van der Waals surface area contributed by atoms with Gasteiger partial charge in [-0.05, 0) is 50.5 Å². The third-order valence-corrected chi connectivity index (χ3v) is 5.97. The highest BCUT2D eigenvalue weighted by molar-refractivity contribution is 7.21. The second kappa shape index (κ2) is 9.89. The fourth-order valence-corrected chi connectivity index (χ4v) is 4.31. The van der Waals surface area contributed by atoms with Gasteiger partial charge in [0, 0.05) is 29.8 Å². The first-order valence-electron chi connectivity index (χ1n) is 10.3. The van der Waals surface area contributed by atoms with Gasteiger partial charge >= 0.3 is 0 Å². The number of rotatable bonds is 8. The summed E-state index contributed by atoms with van der Waals surface area (Å²) in [7, 11) is 3.96. The van der Waals surface area contributed by atoms with Gasteiger partial charge in [-0.25, -0.2) is 9.37 Å². The van der Waals surface area contributed by atoms with Crippen LogP contribution in [0.5, 0.6) is 5.75 Å². The average Bonchev–Trinajstić information content (AvgIpc) is 3.21. The van der Waals surface area contributed by atoms with E-state index in [2.05, 4.69) is 17.4 Å². The zero-order chi connectivity index (χ0) is 22.5. The molecule has 3 aromatic carbocycles. The van der Waals surface area contributed by atoms with E-state index in [1.165, 1.54) is 6.07 Å². The maximum atomic E-state index is 13.7. The highest BCUT2D eigenvalue weighted by Crippen LogP contribution is 2.33. The van der Waals surface area contributed by atoms with E-state index in [-0.39, 0.29) is 24.9 Å². The molecular weight excluding hydrogens is 425 g/mol. The lowest BCUT2D eigenvalue weighted by atomic mass is 10.1. The number of benzene rings is 3. The van der Waals surface area contributed by atoms with Crippen molar-refractivity contribution in [1.82, 2.24) is 15.2 Å². The Hall–Kier alpha value is -3.29. The molecule has 1 heterocycles. The standard InChI is InChI=1S/C25H24FN3O2S/c1-29(2)15-19-13-17(25-28-21-9-5-6-10-23(21)32-25)11-12-22(19)31-16-24(30)27-14-18-7-3-4-8-20(18)26/h3-13H,14-16H2,1-2H3,(H,27,30). The van der Waals surface area contributed by atoms with Gasteiger partial charge in [0.15, 0.2) is 6.61 Å². The van der Waals surface area contributed by atoms with Gasteiger partial charge in [-0.15, -0.1) is 11.3 Å². The van der Waals surface area contributed by atoms with Gasteiger partial charge in [-0.2, -0.15) is 0 Å². The van der Waals surface area contributed by atoms with Crippen LogP contribution in [0.2, 0.25) is 0 Å². The van der Waals surface area contributed by atoms with E-state index in [1.807, 2.05) is 49.3 Å². The van der Waals surface area contributed by atoms with Crippen molar-refractivity contribution in [3.63, 3.8) is 0 Å². The molecule has 7 heteroatoms. The lowest BCUT2D eigenvalue weighted by Gasteiger charge is -2.16. The highest BCUT2D eigenvalue weighted by atomic mass is 32.1. The van der Waals surface area contributed by atoms with Gasteiger partial charge in [0.1, 0.15) is 16.6 Å². The number of carbonyl (C=O) groups excluding carboxylic acids is 1. The minimum Gasteiger partial charge on any atom is -0.483 e. The second-order valence-electron chi connectivity index (χ2n) is 7.70. The molecule has 32 heavy (non-hydrogen) atoms. The number of thiazole rings is 1. The van der Waals surface area contributed by atoms with Crippen molar-refractivity contribution in [2.45, 2.75) is 13.1 Å².